The van der Waals surface area contributed by atoms with Crippen LogP contribution in [0.5, 0.6) is 11.5 Å². The topological polar surface area (TPSA) is 47.6 Å². The summed E-state index contributed by atoms with van der Waals surface area (Å²) < 4.78 is 11.5. The van der Waals surface area contributed by atoms with E-state index in [1.807, 2.05) is 69.3 Å². The average Bonchev–Trinajstić information content (AvgIpc) is 2.60. The first-order valence-corrected chi connectivity index (χ1v) is 8.29. The third-order valence-corrected chi connectivity index (χ3v) is 3.69. The van der Waals surface area contributed by atoms with E-state index in [2.05, 4.69) is 5.32 Å². The zero-order valence-electron chi connectivity index (χ0n) is 14.5. The molecule has 0 aromatic heterocycles. The minimum Gasteiger partial charge on any atom is -0.492 e. The lowest BCUT2D eigenvalue weighted by molar-refractivity contribution is -0.128. The van der Waals surface area contributed by atoms with Gasteiger partial charge in [0.05, 0.1) is 6.54 Å². The summed E-state index contributed by atoms with van der Waals surface area (Å²) >= 11 is 0. The van der Waals surface area contributed by atoms with Gasteiger partial charge in [0.1, 0.15) is 18.1 Å². The van der Waals surface area contributed by atoms with Crippen molar-refractivity contribution in [3.8, 4) is 11.5 Å². The minimum atomic E-state index is -0.498. The quantitative estimate of drug-likeness (QED) is 0.753. The lowest BCUT2D eigenvalue weighted by Crippen LogP contribution is -2.39. The van der Waals surface area contributed by atoms with Gasteiger partial charge in [0.2, 0.25) is 0 Å². The maximum absolute atomic E-state index is 12.3. The molecule has 2 aromatic rings. The minimum absolute atomic E-state index is 0.116. The molecule has 4 nitrogen and oxygen atoms in total. The number of ether oxygens (including phenoxy) is 2. The van der Waals surface area contributed by atoms with E-state index in [0.29, 0.717) is 19.6 Å². The molecule has 0 saturated carbocycles. The Morgan fingerprint density at radius 2 is 1.88 bits per heavy atom. The average molecular weight is 327 g/mol. The summed E-state index contributed by atoms with van der Waals surface area (Å²) in [5, 5.41) is 2.87. The van der Waals surface area contributed by atoms with E-state index in [9.17, 15) is 4.79 Å². The summed E-state index contributed by atoms with van der Waals surface area (Å²) in [7, 11) is 0. The Hall–Kier alpha value is -2.49. The van der Waals surface area contributed by atoms with Gasteiger partial charge in [0, 0.05) is 0 Å². The molecule has 128 valence electrons. The zero-order chi connectivity index (χ0) is 17.4. The molecule has 0 bridgehead atoms. The molecule has 1 atom stereocenters. The summed E-state index contributed by atoms with van der Waals surface area (Å²) in [5.41, 5.74) is 2.14. The predicted octanol–water partition coefficient (Wildman–Crippen LogP) is 3.66. The van der Waals surface area contributed by atoms with Crippen LogP contribution in [0, 0.1) is 13.8 Å². The molecule has 0 radical (unpaired) electrons. The number of rotatable bonds is 8. The molecule has 24 heavy (non-hydrogen) atoms. The van der Waals surface area contributed by atoms with Crippen molar-refractivity contribution in [3.05, 3.63) is 59.7 Å². The highest BCUT2D eigenvalue weighted by atomic mass is 16.5. The van der Waals surface area contributed by atoms with Crippen LogP contribution in [0.25, 0.3) is 0 Å². The molecule has 4 heteroatoms. The molecule has 2 aromatic carbocycles. The Balaban J connectivity index is 1.81. The molecule has 1 amide bonds. The number of aryl methyl sites for hydroxylation is 2. The van der Waals surface area contributed by atoms with E-state index < -0.39 is 6.10 Å². The van der Waals surface area contributed by atoms with E-state index in [1.165, 1.54) is 0 Å². The van der Waals surface area contributed by atoms with Crippen molar-refractivity contribution in [2.75, 3.05) is 13.2 Å². The Kier molecular flexibility index (Phi) is 6.67. The van der Waals surface area contributed by atoms with Gasteiger partial charge < -0.3 is 14.8 Å². The highest BCUT2D eigenvalue weighted by molar-refractivity contribution is 5.81. The highest BCUT2D eigenvalue weighted by Crippen LogP contribution is 2.21. The van der Waals surface area contributed by atoms with Crippen LogP contribution in [0.3, 0.4) is 0 Å². The number of amides is 1. The van der Waals surface area contributed by atoms with Gasteiger partial charge in [-0.25, -0.2) is 0 Å². The van der Waals surface area contributed by atoms with Gasteiger partial charge in [-0.15, -0.1) is 0 Å². The summed E-state index contributed by atoms with van der Waals surface area (Å²) in [4.78, 5) is 12.3. The van der Waals surface area contributed by atoms with Gasteiger partial charge in [-0.05, 0) is 49.6 Å². The van der Waals surface area contributed by atoms with E-state index in [-0.39, 0.29) is 5.91 Å². The van der Waals surface area contributed by atoms with Crippen LogP contribution in [0.2, 0.25) is 0 Å². The maximum Gasteiger partial charge on any atom is 0.261 e. The molecule has 2 rings (SSSR count). The van der Waals surface area contributed by atoms with Crippen LogP contribution in [0.4, 0.5) is 0 Å². The van der Waals surface area contributed by atoms with Crippen LogP contribution in [0.1, 0.15) is 24.5 Å². The molecule has 0 saturated heterocycles. The van der Waals surface area contributed by atoms with E-state index in [4.69, 9.17) is 9.47 Å². The van der Waals surface area contributed by atoms with Crippen molar-refractivity contribution in [1.29, 1.82) is 0 Å². The van der Waals surface area contributed by atoms with Crippen LogP contribution in [-0.4, -0.2) is 25.2 Å². The number of nitrogens with one attached hydrogen (secondary N) is 1. The number of hydrogen-bond acceptors (Lipinski definition) is 3. The fourth-order valence-electron chi connectivity index (χ4n) is 2.28. The highest BCUT2D eigenvalue weighted by Gasteiger charge is 2.18. The first-order valence-electron chi connectivity index (χ1n) is 8.29. The fourth-order valence-corrected chi connectivity index (χ4v) is 2.28. The molecule has 0 spiro atoms. The standard InChI is InChI=1S/C20H25NO3/c1-4-18(24-19-14-15(2)10-11-16(19)3)20(22)21-12-13-23-17-8-6-5-7-9-17/h5-11,14,18H,4,12-13H2,1-3H3,(H,21,22)/t18-/m0/s1. The molecule has 1 N–H and O–H groups in total. The lowest BCUT2D eigenvalue weighted by atomic mass is 10.1. The first kappa shape index (κ1) is 17.9. The largest absolute Gasteiger partial charge is 0.492 e. The molecule has 0 unspecified atom stereocenters. The Labute approximate surface area is 143 Å². The van der Waals surface area contributed by atoms with Gasteiger partial charge in [-0.3, -0.25) is 4.79 Å². The van der Waals surface area contributed by atoms with Gasteiger partial charge in [-0.2, -0.15) is 0 Å². The molecular weight excluding hydrogens is 302 g/mol. The summed E-state index contributed by atoms with van der Waals surface area (Å²) in [5.74, 6) is 1.44. The SMILES string of the molecule is CC[C@H](Oc1cc(C)ccc1C)C(=O)NCCOc1ccccc1. The van der Waals surface area contributed by atoms with Gasteiger partial charge in [0.15, 0.2) is 6.10 Å². The van der Waals surface area contributed by atoms with Crippen molar-refractivity contribution >= 4 is 5.91 Å². The van der Waals surface area contributed by atoms with Gasteiger partial charge in [0.25, 0.3) is 5.91 Å². The number of carbonyl (C=O) groups is 1. The van der Waals surface area contributed by atoms with Crippen molar-refractivity contribution in [2.45, 2.75) is 33.3 Å². The Bertz CT molecular complexity index is 655. The van der Waals surface area contributed by atoms with Crippen molar-refractivity contribution in [1.82, 2.24) is 5.32 Å². The van der Waals surface area contributed by atoms with Crippen molar-refractivity contribution in [3.63, 3.8) is 0 Å². The predicted molar refractivity (Wildman–Crippen MR) is 95.6 cm³/mol. The zero-order valence-corrected chi connectivity index (χ0v) is 14.5. The van der Waals surface area contributed by atoms with Gasteiger partial charge in [-0.1, -0.05) is 37.3 Å². The molecule has 0 aliphatic heterocycles. The number of para-hydroxylation sites is 1. The van der Waals surface area contributed by atoms with Crippen LogP contribution in [-0.2, 0) is 4.79 Å². The van der Waals surface area contributed by atoms with Crippen LogP contribution in [0.15, 0.2) is 48.5 Å². The second-order valence-corrected chi connectivity index (χ2v) is 5.74. The first-order chi connectivity index (χ1) is 11.6. The normalized spacial score (nSPS) is 11.6. The summed E-state index contributed by atoms with van der Waals surface area (Å²) in [6, 6.07) is 15.5. The Morgan fingerprint density at radius 3 is 2.58 bits per heavy atom. The second kappa shape index (κ2) is 8.96. The molecule has 0 aliphatic rings. The smallest absolute Gasteiger partial charge is 0.261 e. The summed E-state index contributed by atoms with van der Waals surface area (Å²) in [6.45, 7) is 6.80. The molecule has 0 fully saturated rings. The third-order valence-electron chi connectivity index (χ3n) is 3.69. The van der Waals surface area contributed by atoms with Crippen LogP contribution < -0.4 is 14.8 Å². The third kappa shape index (κ3) is 5.30. The van der Waals surface area contributed by atoms with Crippen molar-refractivity contribution in [2.24, 2.45) is 0 Å². The van der Waals surface area contributed by atoms with Gasteiger partial charge >= 0.3 is 0 Å². The number of carbonyl (C=O) groups excluding carboxylic acids is 1. The molecular formula is C20H25NO3. The Morgan fingerprint density at radius 1 is 1.12 bits per heavy atom. The van der Waals surface area contributed by atoms with Crippen LogP contribution >= 0.6 is 0 Å². The van der Waals surface area contributed by atoms with Crippen molar-refractivity contribution < 1.29 is 14.3 Å². The second-order valence-electron chi connectivity index (χ2n) is 5.74. The summed E-state index contributed by atoms with van der Waals surface area (Å²) in [6.07, 6.45) is 0.112. The van der Waals surface area contributed by atoms with E-state index >= 15 is 0 Å². The number of hydrogen-bond donors (Lipinski definition) is 1. The van der Waals surface area contributed by atoms with E-state index in [1.54, 1.807) is 0 Å². The lowest BCUT2D eigenvalue weighted by Gasteiger charge is -2.19. The maximum atomic E-state index is 12.3. The molecule has 0 heterocycles. The number of benzene rings is 2. The monoisotopic (exact) mass is 327 g/mol. The van der Waals surface area contributed by atoms with E-state index in [0.717, 1.165) is 22.6 Å². The molecule has 0 aliphatic carbocycles. The fraction of sp³-hybridized carbons (Fsp3) is 0.350.